The molecule has 1 saturated heterocycles. The average molecular weight is 420 g/mol. The van der Waals surface area contributed by atoms with Crippen molar-refractivity contribution in [1.29, 1.82) is 5.26 Å². The van der Waals surface area contributed by atoms with E-state index < -0.39 is 11.7 Å². The van der Waals surface area contributed by atoms with E-state index in [4.69, 9.17) is 10.5 Å². The van der Waals surface area contributed by atoms with Crippen LogP contribution in [-0.2, 0) is 6.18 Å². The zero-order valence-corrected chi connectivity index (χ0v) is 16.5. The lowest BCUT2D eigenvalue weighted by Crippen LogP contribution is -2.44. The molecule has 0 bridgehead atoms. The molecule has 3 rings (SSSR count). The predicted molar refractivity (Wildman–Crippen MR) is 108 cm³/mol. The number of pyridine rings is 1. The second-order valence-electron chi connectivity index (χ2n) is 6.83. The molecule has 1 aromatic heterocycles. The van der Waals surface area contributed by atoms with Crippen molar-refractivity contribution in [1.82, 2.24) is 15.2 Å². The van der Waals surface area contributed by atoms with Gasteiger partial charge >= 0.3 is 6.18 Å². The highest BCUT2D eigenvalue weighted by Crippen LogP contribution is 2.39. The first-order valence-electron chi connectivity index (χ1n) is 9.49. The summed E-state index contributed by atoms with van der Waals surface area (Å²) in [5.74, 6) is -0.230. The van der Waals surface area contributed by atoms with Crippen LogP contribution in [0.2, 0.25) is 0 Å². The number of benzene rings is 1. The number of hydrogen-bond donors (Lipinski definition) is 3. The Morgan fingerprint density at radius 2 is 2.03 bits per heavy atom. The fourth-order valence-electron chi connectivity index (χ4n) is 3.25. The summed E-state index contributed by atoms with van der Waals surface area (Å²) in [6, 6.07) is 7.14. The maximum atomic E-state index is 13.7. The van der Waals surface area contributed by atoms with E-state index in [-0.39, 0.29) is 35.0 Å². The lowest BCUT2D eigenvalue weighted by molar-refractivity contribution is -0.138. The van der Waals surface area contributed by atoms with Crippen LogP contribution in [0, 0.1) is 11.3 Å². The summed E-state index contributed by atoms with van der Waals surface area (Å²) < 4.78 is 46.5. The van der Waals surface area contributed by atoms with Gasteiger partial charge in [0.05, 0.1) is 22.6 Å². The number of alkyl halides is 3. The molecule has 0 amide bonds. The van der Waals surface area contributed by atoms with Gasteiger partial charge < -0.3 is 21.1 Å². The fourth-order valence-corrected chi connectivity index (χ4v) is 3.25. The molecule has 30 heavy (non-hydrogen) atoms. The topological polar surface area (TPSA) is 99.2 Å². The van der Waals surface area contributed by atoms with Gasteiger partial charge in [0.2, 0.25) is 0 Å². The average Bonchev–Trinajstić information content (AvgIpc) is 2.74. The first kappa shape index (κ1) is 21.7. The van der Waals surface area contributed by atoms with Crippen molar-refractivity contribution < 1.29 is 17.9 Å². The van der Waals surface area contributed by atoms with E-state index in [1.165, 1.54) is 18.2 Å². The number of nitriles is 1. The number of nitrogen functional groups attached to an aromatic ring is 1. The number of nitrogens with two attached hydrogens (primary N) is 1. The number of piperazine rings is 1. The van der Waals surface area contributed by atoms with Crippen molar-refractivity contribution >= 4 is 11.4 Å². The van der Waals surface area contributed by atoms with Gasteiger partial charge in [0.15, 0.2) is 5.69 Å². The molecule has 0 saturated carbocycles. The SMILES string of the molecule is CNc1cc(-c2ccc(OCCN3CCNCC3)c(C(F)(F)F)c2)nc(C#N)c1N. The van der Waals surface area contributed by atoms with Gasteiger partial charge in [-0.25, -0.2) is 4.98 Å². The van der Waals surface area contributed by atoms with E-state index in [1.54, 1.807) is 7.05 Å². The summed E-state index contributed by atoms with van der Waals surface area (Å²) in [6.07, 6.45) is -4.60. The maximum absolute atomic E-state index is 13.7. The van der Waals surface area contributed by atoms with E-state index in [9.17, 15) is 18.4 Å². The number of anilines is 2. The molecular formula is C20H23F3N6O. The fraction of sp³-hybridized carbons (Fsp3) is 0.400. The minimum Gasteiger partial charge on any atom is -0.492 e. The van der Waals surface area contributed by atoms with Crippen molar-refractivity contribution in [2.24, 2.45) is 0 Å². The molecule has 10 heteroatoms. The second-order valence-corrected chi connectivity index (χ2v) is 6.83. The lowest BCUT2D eigenvalue weighted by Gasteiger charge is -2.27. The van der Waals surface area contributed by atoms with E-state index in [0.29, 0.717) is 12.2 Å². The third-order valence-electron chi connectivity index (χ3n) is 4.89. The van der Waals surface area contributed by atoms with Crippen LogP contribution in [0.15, 0.2) is 24.3 Å². The Kier molecular flexibility index (Phi) is 6.64. The molecule has 0 radical (unpaired) electrons. The summed E-state index contributed by atoms with van der Waals surface area (Å²) >= 11 is 0. The molecule has 2 aromatic rings. The highest BCUT2D eigenvalue weighted by atomic mass is 19.4. The number of nitrogens with zero attached hydrogens (tertiary/aromatic N) is 3. The molecule has 0 spiro atoms. The molecule has 1 aliphatic rings. The molecular weight excluding hydrogens is 397 g/mol. The third-order valence-corrected chi connectivity index (χ3v) is 4.89. The van der Waals surface area contributed by atoms with Crippen LogP contribution < -0.4 is 21.1 Å². The van der Waals surface area contributed by atoms with Gasteiger partial charge in [0.1, 0.15) is 18.4 Å². The monoisotopic (exact) mass is 420 g/mol. The first-order chi connectivity index (χ1) is 14.3. The Morgan fingerprint density at radius 1 is 1.30 bits per heavy atom. The van der Waals surface area contributed by atoms with Gasteiger partial charge in [-0.1, -0.05) is 0 Å². The molecule has 4 N–H and O–H groups in total. The summed E-state index contributed by atoms with van der Waals surface area (Å²) in [5, 5.41) is 15.3. The highest BCUT2D eigenvalue weighted by molar-refractivity contribution is 5.77. The highest BCUT2D eigenvalue weighted by Gasteiger charge is 2.35. The predicted octanol–water partition coefficient (Wildman–Crippen LogP) is 2.55. The van der Waals surface area contributed by atoms with Crippen LogP contribution in [-0.4, -0.2) is 56.3 Å². The third kappa shape index (κ3) is 4.93. The van der Waals surface area contributed by atoms with Gasteiger partial charge in [-0.3, -0.25) is 4.90 Å². The van der Waals surface area contributed by atoms with Gasteiger partial charge in [-0.05, 0) is 24.3 Å². The van der Waals surface area contributed by atoms with E-state index in [0.717, 1.165) is 32.2 Å². The Morgan fingerprint density at radius 3 is 2.67 bits per heavy atom. The summed E-state index contributed by atoms with van der Waals surface area (Å²) in [7, 11) is 1.60. The molecule has 7 nitrogen and oxygen atoms in total. The van der Waals surface area contributed by atoms with Gasteiger partial charge in [0.25, 0.3) is 0 Å². The zero-order valence-electron chi connectivity index (χ0n) is 16.5. The quantitative estimate of drug-likeness (QED) is 0.661. The largest absolute Gasteiger partial charge is 0.492 e. The molecule has 1 aliphatic heterocycles. The van der Waals surface area contributed by atoms with Crippen LogP contribution >= 0.6 is 0 Å². The molecule has 2 heterocycles. The minimum absolute atomic E-state index is 0.0539. The smallest absolute Gasteiger partial charge is 0.419 e. The molecule has 1 aromatic carbocycles. The Balaban J connectivity index is 1.87. The molecule has 160 valence electrons. The van der Waals surface area contributed by atoms with Crippen LogP contribution in [0.4, 0.5) is 24.5 Å². The van der Waals surface area contributed by atoms with Crippen LogP contribution in [0.5, 0.6) is 5.75 Å². The van der Waals surface area contributed by atoms with E-state index in [2.05, 4.69) is 20.5 Å². The Hall–Kier alpha value is -3.03. The number of hydrogen-bond acceptors (Lipinski definition) is 7. The summed E-state index contributed by atoms with van der Waals surface area (Å²) in [6.45, 7) is 4.10. The number of aromatic nitrogens is 1. The zero-order chi connectivity index (χ0) is 21.7. The van der Waals surface area contributed by atoms with Gasteiger partial charge in [0, 0.05) is 45.3 Å². The normalized spacial score (nSPS) is 14.9. The van der Waals surface area contributed by atoms with Crippen molar-refractivity contribution in [3.05, 3.63) is 35.5 Å². The van der Waals surface area contributed by atoms with Crippen molar-refractivity contribution in [2.75, 3.05) is 57.4 Å². The van der Waals surface area contributed by atoms with Crippen molar-refractivity contribution in [3.63, 3.8) is 0 Å². The first-order valence-corrected chi connectivity index (χ1v) is 9.49. The second kappa shape index (κ2) is 9.19. The van der Waals surface area contributed by atoms with Crippen LogP contribution in [0.3, 0.4) is 0 Å². The minimum atomic E-state index is -4.60. The number of rotatable bonds is 6. The van der Waals surface area contributed by atoms with Gasteiger partial charge in [-0.15, -0.1) is 0 Å². The lowest BCUT2D eigenvalue weighted by atomic mass is 10.0. The summed E-state index contributed by atoms with van der Waals surface area (Å²) in [5.41, 5.74) is 5.88. The summed E-state index contributed by atoms with van der Waals surface area (Å²) in [4.78, 5) is 6.24. The molecule has 0 unspecified atom stereocenters. The Bertz CT molecular complexity index is 935. The van der Waals surface area contributed by atoms with Crippen LogP contribution in [0.25, 0.3) is 11.3 Å². The molecule has 1 fully saturated rings. The number of ether oxygens (including phenoxy) is 1. The van der Waals surface area contributed by atoms with Crippen molar-refractivity contribution in [2.45, 2.75) is 6.18 Å². The Labute approximate surface area is 172 Å². The van der Waals surface area contributed by atoms with Crippen LogP contribution in [0.1, 0.15) is 11.3 Å². The van der Waals surface area contributed by atoms with Gasteiger partial charge in [-0.2, -0.15) is 18.4 Å². The molecule has 0 aliphatic carbocycles. The standard InChI is InChI=1S/C20H23F3N6O/c1-26-16-11-15(28-17(12-24)19(16)25)13-2-3-18(14(10-13)20(21,22)23)30-9-8-29-6-4-27-5-7-29/h2-3,10-11,27H,4-9,25H2,1H3,(H,26,28). The van der Waals surface area contributed by atoms with E-state index >= 15 is 0 Å². The maximum Gasteiger partial charge on any atom is 0.419 e. The molecule has 0 atom stereocenters. The number of halogens is 3. The van der Waals surface area contributed by atoms with E-state index in [1.807, 2.05) is 6.07 Å². The van der Waals surface area contributed by atoms with Crippen molar-refractivity contribution in [3.8, 4) is 23.1 Å². The number of nitrogens with one attached hydrogen (secondary N) is 2.